The molecule has 0 N–H and O–H groups in total. The summed E-state index contributed by atoms with van der Waals surface area (Å²) in [5, 5.41) is 4.12. The third-order valence-corrected chi connectivity index (χ3v) is 6.17. The van der Waals surface area contributed by atoms with Crippen LogP contribution in [-0.4, -0.2) is 39.6 Å². The van der Waals surface area contributed by atoms with Crippen LogP contribution in [0.4, 0.5) is 0 Å². The summed E-state index contributed by atoms with van der Waals surface area (Å²) in [6.07, 6.45) is 5.68. The quantitative estimate of drug-likeness (QED) is 0.540. The van der Waals surface area contributed by atoms with Crippen molar-refractivity contribution in [3.63, 3.8) is 0 Å². The van der Waals surface area contributed by atoms with E-state index in [1.165, 1.54) is 0 Å². The van der Waals surface area contributed by atoms with Gasteiger partial charge in [0.15, 0.2) is 5.76 Å². The Bertz CT molecular complexity index is 1110. The average Bonchev–Trinajstić information content (AvgIpc) is 3.42. The van der Waals surface area contributed by atoms with Gasteiger partial charge in [-0.15, -0.1) is 0 Å². The van der Waals surface area contributed by atoms with Crippen molar-refractivity contribution in [1.82, 2.24) is 20.0 Å². The van der Waals surface area contributed by atoms with Gasteiger partial charge in [0, 0.05) is 30.3 Å². The first-order valence-corrected chi connectivity index (χ1v) is 11.2. The highest BCUT2D eigenvalue weighted by Gasteiger charge is 2.34. The molecule has 0 aliphatic carbocycles. The molecule has 1 atom stereocenters. The highest BCUT2D eigenvalue weighted by molar-refractivity contribution is 5.80. The average molecular weight is 435 g/mol. The first-order chi connectivity index (χ1) is 15.5. The number of ether oxygens (including phenoxy) is 1. The van der Waals surface area contributed by atoms with Gasteiger partial charge in [-0.1, -0.05) is 30.3 Å². The number of amides is 1. The van der Waals surface area contributed by atoms with E-state index in [-0.39, 0.29) is 11.9 Å². The van der Waals surface area contributed by atoms with Gasteiger partial charge in [-0.3, -0.25) is 4.79 Å². The summed E-state index contributed by atoms with van der Waals surface area (Å²) in [6, 6.07) is 7.56. The molecule has 2 aromatic heterocycles. The highest BCUT2D eigenvalue weighted by Crippen LogP contribution is 2.38. The van der Waals surface area contributed by atoms with E-state index in [0.717, 1.165) is 65.3 Å². The summed E-state index contributed by atoms with van der Waals surface area (Å²) >= 11 is 0. The Labute approximate surface area is 188 Å². The van der Waals surface area contributed by atoms with E-state index in [9.17, 15) is 4.79 Å². The number of para-hydroxylation sites is 1. The summed E-state index contributed by atoms with van der Waals surface area (Å²) in [4.78, 5) is 24.8. The zero-order chi connectivity index (χ0) is 22.7. The summed E-state index contributed by atoms with van der Waals surface area (Å²) in [5.74, 6) is 2.29. The third-order valence-electron chi connectivity index (χ3n) is 6.17. The second-order valence-corrected chi connectivity index (χ2v) is 8.29. The number of aromatic nitrogens is 3. The number of benzene rings is 1. The van der Waals surface area contributed by atoms with E-state index < -0.39 is 0 Å². The number of carbonyl (C=O) groups is 1. The van der Waals surface area contributed by atoms with Gasteiger partial charge in [-0.2, -0.15) is 0 Å². The first kappa shape index (κ1) is 22.0. The second kappa shape index (κ2) is 9.51. The van der Waals surface area contributed by atoms with Gasteiger partial charge < -0.3 is 14.2 Å². The molecule has 0 bridgehead atoms. The maximum absolute atomic E-state index is 13.4. The molecule has 7 nitrogen and oxygen atoms in total. The Morgan fingerprint density at radius 3 is 2.81 bits per heavy atom. The van der Waals surface area contributed by atoms with Gasteiger partial charge in [0.25, 0.3) is 0 Å². The van der Waals surface area contributed by atoms with Gasteiger partial charge in [0.05, 0.1) is 36.5 Å². The van der Waals surface area contributed by atoms with Crippen LogP contribution in [0.1, 0.15) is 60.6 Å². The molecule has 1 fully saturated rings. The Kier molecular flexibility index (Phi) is 6.53. The Morgan fingerprint density at radius 2 is 2.09 bits per heavy atom. The number of likely N-dealkylation sites (tertiary alicyclic amines) is 1. The number of hydrogen-bond donors (Lipinski definition) is 0. The minimum Gasteiger partial charge on any atom is -0.496 e. The van der Waals surface area contributed by atoms with Crippen LogP contribution in [0.3, 0.4) is 0 Å². The fourth-order valence-corrected chi connectivity index (χ4v) is 4.34. The zero-order valence-corrected chi connectivity index (χ0v) is 19.2. The molecule has 1 amide bonds. The predicted octanol–water partition coefficient (Wildman–Crippen LogP) is 4.62. The lowest BCUT2D eigenvalue weighted by molar-refractivity contribution is -0.131. The maximum atomic E-state index is 13.4. The molecule has 1 saturated heterocycles. The summed E-state index contributed by atoms with van der Waals surface area (Å²) in [6.45, 7) is 6.73. The molecule has 0 spiro atoms. The van der Waals surface area contributed by atoms with Gasteiger partial charge in [0.1, 0.15) is 11.6 Å². The van der Waals surface area contributed by atoms with E-state index in [2.05, 4.69) is 17.1 Å². The lowest BCUT2D eigenvalue weighted by Gasteiger charge is -2.26. The van der Waals surface area contributed by atoms with Crippen LogP contribution >= 0.6 is 0 Å². The predicted molar refractivity (Wildman–Crippen MR) is 121 cm³/mol. The van der Waals surface area contributed by atoms with Crippen LogP contribution in [0.25, 0.3) is 11.3 Å². The lowest BCUT2D eigenvalue weighted by atomic mass is 10.0. The van der Waals surface area contributed by atoms with Gasteiger partial charge in [-0.05, 0) is 39.2 Å². The molecule has 1 aromatic carbocycles. The fourth-order valence-electron chi connectivity index (χ4n) is 4.34. The van der Waals surface area contributed by atoms with E-state index in [0.29, 0.717) is 18.7 Å². The summed E-state index contributed by atoms with van der Waals surface area (Å²) in [5.41, 5.74) is 4.39. The zero-order valence-electron chi connectivity index (χ0n) is 19.2. The number of methoxy groups -OCH3 is 1. The summed E-state index contributed by atoms with van der Waals surface area (Å²) < 4.78 is 11.1. The van der Waals surface area contributed by atoms with Gasteiger partial charge in [-0.25, -0.2) is 9.97 Å². The number of nitrogens with zero attached hydrogens (tertiary/aromatic N) is 4. The molecule has 0 saturated carbocycles. The fraction of sp³-hybridized carbons (Fsp3) is 0.440. The largest absolute Gasteiger partial charge is 0.496 e. The lowest BCUT2D eigenvalue weighted by Crippen LogP contribution is -2.32. The van der Waals surface area contributed by atoms with Crippen LogP contribution in [-0.2, 0) is 17.6 Å². The van der Waals surface area contributed by atoms with E-state index >= 15 is 0 Å². The molecule has 168 valence electrons. The van der Waals surface area contributed by atoms with Gasteiger partial charge in [0.2, 0.25) is 5.91 Å². The van der Waals surface area contributed by atoms with Crippen molar-refractivity contribution in [2.24, 2.45) is 0 Å². The SMILES string of the molecule is CCCc1ncc(-c2onc(C)c2C)c([C@@H]2CCCN2C(=O)Cc2ccccc2OC)n1. The number of aryl methyl sites for hydroxylation is 2. The van der Waals surface area contributed by atoms with Crippen molar-refractivity contribution in [3.8, 4) is 17.1 Å². The number of carbonyl (C=O) groups excluding carboxylic acids is 1. The Hall–Kier alpha value is -3.22. The molecule has 0 radical (unpaired) electrons. The molecule has 7 heteroatoms. The Balaban J connectivity index is 1.70. The molecular formula is C25H30N4O3. The van der Waals surface area contributed by atoms with Crippen molar-refractivity contribution in [2.75, 3.05) is 13.7 Å². The van der Waals surface area contributed by atoms with Crippen LogP contribution < -0.4 is 4.74 Å². The normalized spacial score (nSPS) is 15.9. The highest BCUT2D eigenvalue weighted by atomic mass is 16.5. The molecule has 3 heterocycles. The van der Waals surface area contributed by atoms with E-state index in [4.69, 9.17) is 14.2 Å². The minimum absolute atomic E-state index is 0.0732. The molecule has 32 heavy (non-hydrogen) atoms. The minimum atomic E-state index is -0.115. The molecule has 1 aliphatic heterocycles. The van der Waals surface area contributed by atoms with Crippen LogP contribution in [0.5, 0.6) is 5.75 Å². The van der Waals surface area contributed by atoms with Crippen LogP contribution in [0.15, 0.2) is 35.0 Å². The number of rotatable bonds is 7. The topological polar surface area (TPSA) is 81.4 Å². The van der Waals surface area contributed by atoms with Crippen molar-refractivity contribution >= 4 is 5.91 Å². The Morgan fingerprint density at radius 1 is 1.28 bits per heavy atom. The first-order valence-electron chi connectivity index (χ1n) is 11.2. The standard InChI is InChI=1S/C25H30N4O3/c1-5-9-22-26-15-19(25-16(2)17(3)28-32-25)24(27-22)20-11-8-13-29(20)23(30)14-18-10-6-7-12-21(18)31-4/h6-7,10,12,15,20H,5,8-9,11,13-14H2,1-4H3/t20-/m0/s1. The summed E-state index contributed by atoms with van der Waals surface area (Å²) in [7, 11) is 1.63. The smallest absolute Gasteiger partial charge is 0.227 e. The molecule has 0 unspecified atom stereocenters. The third kappa shape index (κ3) is 4.24. The van der Waals surface area contributed by atoms with Gasteiger partial charge >= 0.3 is 0 Å². The monoisotopic (exact) mass is 434 g/mol. The van der Waals surface area contributed by atoms with Crippen molar-refractivity contribution < 1.29 is 14.1 Å². The van der Waals surface area contributed by atoms with Crippen molar-refractivity contribution in [3.05, 3.63) is 58.8 Å². The molecule has 4 rings (SSSR count). The van der Waals surface area contributed by atoms with Crippen LogP contribution in [0, 0.1) is 13.8 Å². The van der Waals surface area contributed by atoms with Crippen molar-refractivity contribution in [2.45, 2.75) is 58.9 Å². The molecule has 1 aliphatic rings. The van der Waals surface area contributed by atoms with Crippen molar-refractivity contribution in [1.29, 1.82) is 0 Å². The molecular weight excluding hydrogens is 404 g/mol. The number of hydrogen-bond acceptors (Lipinski definition) is 6. The second-order valence-electron chi connectivity index (χ2n) is 8.29. The maximum Gasteiger partial charge on any atom is 0.227 e. The van der Waals surface area contributed by atoms with E-state index in [1.807, 2.05) is 49.2 Å². The molecule has 3 aromatic rings. The van der Waals surface area contributed by atoms with E-state index in [1.54, 1.807) is 7.11 Å². The van der Waals surface area contributed by atoms with Crippen LogP contribution in [0.2, 0.25) is 0 Å².